The van der Waals surface area contributed by atoms with Gasteiger partial charge in [0.2, 0.25) is 5.88 Å². The summed E-state index contributed by atoms with van der Waals surface area (Å²) in [5.41, 5.74) is 3.54. The zero-order valence-electron chi connectivity index (χ0n) is 27.1. The Balaban J connectivity index is 1.05. The highest BCUT2D eigenvalue weighted by molar-refractivity contribution is 7.09. The second-order valence-electron chi connectivity index (χ2n) is 12.8. The van der Waals surface area contributed by atoms with Crippen LogP contribution in [0.1, 0.15) is 70.9 Å². The van der Waals surface area contributed by atoms with Crippen LogP contribution in [0, 0.1) is 5.82 Å². The van der Waals surface area contributed by atoms with Gasteiger partial charge in [-0.1, -0.05) is 36.4 Å². The van der Waals surface area contributed by atoms with Crippen molar-refractivity contribution in [1.29, 1.82) is 0 Å². The van der Waals surface area contributed by atoms with Crippen LogP contribution in [-0.4, -0.2) is 69.0 Å². The zero-order valence-corrected chi connectivity index (χ0v) is 27.9. The molecule has 2 aromatic carbocycles. The summed E-state index contributed by atoms with van der Waals surface area (Å²) in [5.74, 6) is -0.877. The minimum atomic E-state index is -0.635. The molecule has 48 heavy (non-hydrogen) atoms. The number of halogens is 1. The third kappa shape index (κ3) is 8.62. The summed E-state index contributed by atoms with van der Waals surface area (Å²) in [7, 11) is 0. The Morgan fingerprint density at radius 3 is 2.33 bits per heavy atom. The second-order valence-corrected chi connectivity index (χ2v) is 13.7. The van der Waals surface area contributed by atoms with E-state index in [1.807, 2.05) is 18.2 Å². The van der Waals surface area contributed by atoms with Crippen molar-refractivity contribution in [3.63, 3.8) is 0 Å². The van der Waals surface area contributed by atoms with Gasteiger partial charge in [-0.3, -0.25) is 14.5 Å². The molecule has 2 fully saturated rings. The lowest BCUT2D eigenvalue weighted by Crippen LogP contribution is -2.53. The van der Waals surface area contributed by atoms with Gasteiger partial charge in [-0.05, 0) is 74.4 Å². The first kappa shape index (κ1) is 33.7. The van der Waals surface area contributed by atoms with Crippen molar-refractivity contribution in [2.75, 3.05) is 13.1 Å². The summed E-state index contributed by atoms with van der Waals surface area (Å²) in [6.07, 6.45) is 3.65. The van der Waals surface area contributed by atoms with Crippen LogP contribution in [0.4, 0.5) is 4.39 Å². The van der Waals surface area contributed by atoms with Gasteiger partial charge in [-0.15, -0.1) is 11.3 Å². The summed E-state index contributed by atoms with van der Waals surface area (Å²) in [4.78, 5) is 36.6. The molecule has 1 aliphatic carbocycles. The van der Waals surface area contributed by atoms with Crippen molar-refractivity contribution in [1.82, 2.24) is 30.8 Å². The largest absolute Gasteiger partial charge is 0.438 e. The summed E-state index contributed by atoms with van der Waals surface area (Å²) < 4.78 is 20.4. The number of rotatable bonds is 10. The van der Waals surface area contributed by atoms with Crippen molar-refractivity contribution in [3.05, 3.63) is 93.8 Å². The second kappa shape index (κ2) is 15.3. The lowest BCUT2D eigenvalue weighted by Gasteiger charge is -2.36. The number of thiazole rings is 1. The van der Waals surface area contributed by atoms with Gasteiger partial charge in [-0.2, -0.15) is 0 Å². The molecule has 0 unspecified atom stereocenters. The van der Waals surface area contributed by atoms with Crippen LogP contribution >= 0.6 is 11.3 Å². The number of nitrogens with one attached hydrogen (secondary N) is 3. The molecule has 4 N–H and O–H groups in total. The van der Waals surface area contributed by atoms with Crippen LogP contribution in [0.2, 0.25) is 0 Å². The maximum Gasteiger partial charge on any atom is 0.270 e. The molecule has 0 spiro atoms. The predicted molar refractivity (Wildman–Crippen MR) is 182 cm³/mol. The van der Waals surface area contributed by atoms with Crippen molar-refractivity contribution in [2.45, 2.75) is 76.8 Å². The van der Waals surface area contributed by atoms with Crippen LogP contribution in [-0.2, 0) is 13.2 Å². The smallest absolute Gasteiger partial charge is 0.270 e. The Labute approximate surface area is 283 Å². The number of aliphatic hydroxyl groups is 1. The predicted octanol–water partition coefficient (Wildman–Crippen LogP) is 5.28. The Kier molecular flexibility index (Phi) is 10.8. The number of benzene rings is 2. The number of piperazine rings is 1. The van der Waals surface area contributed by atoms with Gasteiger partial charge in [0.1, 0.15) is 27.8 Å². The maximum absolute atomic E-state index is 14.3. The molecule has 6 rings (SSSR count). The highest BCUT2D eigenvalue weighted by Crippen LogP contribution is 2.29. The molecule has 1 saturated carbocycles. The lowest BCUT2D eigenvalue weighted by molar-refractivity contribution is 0.0887. The molecule has 3 heterocycles. The Bertz CT molecular complexity index is 1720. The van der Waals surface area contributed by atoms with E-state index in [-0.39, 0.29) is 36.0 Å². The van der Waals surface area contributed by atoms with Crippen molar-refractivity contribution < 1.29 is 23.8 Å². The highest BCUT2D eigenvalue weighted by Gasteiger charge is 2.27. The lowest BCUT2D eigenvalue weighted by atomic mass is 9.91. The van der Waals surface area contributed by atoms with E-state index in [1.54, 1.807) is 11.4 Å². The van der Waals surface area contributed by atoms with E-state index >= 15 is 0 Å². The van der Waals surface area contributed by atoms with E-state index in [0.717, 1.165) is 43.0 Å². The molecule has 2 aliphatic rings. The Morgan fingerprint density at radius 2 is 1.67 bits per heavy atom. The van der Waals surface area contributed by atoms with E-state index in [1.165, 1.54) is 16.9 Å². The molecule has 1 saturated heterocycles. The fourth-order valence-electron chi connectivity index (χ4n) is 6.54. The SMILES string of the molecule is C[C@@H]1CN(Cc2ccc(-c3cccc(Oc4ncc(F)cc4C(=O)N[C@H]4CC[C@H](NC(=O)c5csc(CO)n5)CC4)c3)cc2)C[C@H](C)N1. The number of amides is 2. The van der Waals surface area contributed by atoms with E-state index in [4.69, 9.17) is 4.74 Å². The van der Waals surface area contributed by atoms with Gasteiger partial charge < -0.3 is 25.8 Å². The average Bonchev–Trinajstić information content (AvgIpc) is 3.56. The first-order valence-corrected chi connectivity index (χ1v) is 17.3. The average molecular weight is 673 g/mol. The number of carbonyl (C=O) groups excluding carboxylic acids is 2. The Morgan fingerprint density at radius 1 is 0.979 bits per heavy atom. The van der Waals surface area contributed by atoms with Crippen LogP contribution < -0.4 is 20.7 Å². The number of aromatic nitrogens is 2. The molecule has 252 valence electrons. The number of ether oxygens (including phenoxy) is 1. The molecule has 12 heteroatoms. The number of hydrogen-bond acceptors (Lipinski definition) is 9. The van der Waals surface area contributed by atoms with E-state index in [0.29, 0.717) is 54.2 Å². The van der Waals surface area contributed by atoms with Crippen LogP contribution in [0.5, 0.6) is 11.6 Å². The number of carbonyl (C=O) groups is 2. The van der Waals surface area contributed by atoms with Crippen LogP contribution in [0.25, 0.3) is 11.1 Å². The standard InChI is InChI=1S/C36H41FN6O4S/c1-22-17-43(18-23(2)39-22)19-24-6-8-25(9-7-24)26-4-3-5-30(14-26)47-36-31(15-27(37)16-38-36)34(45)40-28-10-12-29(13-11-28)41-35(46)32-21-48-33(20-44)42-32/h3-9,14-16,21-23,28-29,39,44H,10-13,17-20H2,1-2H3,(H,40,45)(H,41,46)/t22-,23+,28-,29-. The van der Waals surface area contributed by atoms with Gasteiger partial charge >= 0.3 is 0 Å². The molecule has 0 radical (unpaired) electrons. The molecule has 0 bridgehead atoms. The molecular weight excluding hydrogens is 631 g/mol. The van der Waals surface area contributed by atoms with Crippen LogP contribution in [0.15, 0.2) is 66.2 Å². The van der Waals surface area contributed by atoms with E-state index < -0.39 is 11.7 Å². The van der Waals surface area contributed by atoms with Gasteiger partial charge in [0, 0.05) is 49.2 Å². The van der Waals surface area contributed by atoms with Crippen LogP contribution in [0.3, 0.4) is 0 Å². The fourth-order valence-corrected chi connectivity index (χ4v) is 7.18. The Hall–Kier alpha value is -4.23. The minimum Gasteiger partial charge on any atom is -0.438 e. The number of hydrogen-bond donors (Lipinski definition) is 4. The van der Waals surface area contributed by atoms with Gasteiger partial charge in [-0.25, -0.2) is 14.4 Å². The molecule has 10 nitrogen and oxygen atoms in total. The quantitative estimate of drug-likeness (QED) is 0.179. The topological polar surface area (TPSA) is 129 Å². The summed E-state index contributed by atoms with van der Waals surface area (Å²) >= 11 is 1.24. The summed E-state index contributed by atoms with van der Waals surface area (Å²) in [5, 5.41) is 20.9. The zero-order chi connectivity index (χ0) is 33.6. The number of pyridine rings is 1. The highest BCUT2D eigenvalue weighted by atomic mass is 32.1. The monoisotopic (exact) mass is 672 g/mol. The van der Waals surface area contributed by atoms with Crippen molar-refractivity contribution >= 4 is 23.2 Å². The van der Waals surface area contributed by atoms with Crippen molar-refractivity contribution in [3.8, 4) is 22.8 Å². The van der Waals surface area contributed by atoms with E-state index in [2.05, 4.69) is 68.9 Å². The third-order valence-corrected chi connectivity index (χ3v) is 9.59. The molecule has 2 atom stereocenters. The maximum atomic E-state index is 14.3. The van der Waals surface area contributed by atoms with Gasteiger partial charge in [0.15, 0.2) is 0 Å². The first-order valence-electron chi connectivity index (χ1n) is 16.4. The normalized spacial score (nSPS) is 21.4. The fraction of sp³-hybridized carbons (Fsp3) is 0.389. The van der Waals surface area contributed by atoms with Gasteiger partial charge in [0.05, 0.1) is 12.8 Å². The first-order chi connectivity index (χ1) is 23.2. The molecule has 2 amide bonds. The molecular formula is C36H41FN6O4S. The third-order valence-electron chi connectivity index (χ3n) is 8.75. The van der Waals surface area contributed by atoms with Gasteiger partial charge in [0.25, 0.3) is 11.8 Å². The molecule has 4 aromatic rings. The summed E-state index contributed by atoms with van der Waals surface area (Å²) in [6.45, 7) is 7.18. The molecule has 2 aromatic heterocycles. The molecule has 1 aliphatic heterocycles. The summed E-state index contributed by atoms with van der Waals surface area (Å²) in [6, 6.07) is 17.9. The number of aliphatic hydroxyl groups excluding tert-OH is 1. The minimum absolute atomic E-state index is 0.0138. The number of nitrogens with zero attached hydrogens (tertiary/aromatic N) is 3. The van der Waals surface area contributed by atoms with E-state index in [9.17, 15) is 19.1 Å². The van der Waals surface area contributed by atoms with Crippen molar-refractivity contribution in [2.24, 2.45) is 0 Å².